The lowest BCUT2D eigenvalue weighted by molar-refractivity contribution is -0.122. The van der Waals surface area contributed by atoms with Crippen molar-refractivity contribution < 1.29 is 4.79 Å². The van der Waals surface area contributed by atoms with Gasteiger partial charge in [-0.1, -0.05) is 71.9 Å². The van der Waals surface area contributed by atoms with Crippen LogP contribution >= 0.6 is 35.1 Å². The average molecular weight is 581 g/mol. The molecule has 2 aliphatic heterocycles. The van der Waals surface area contributed by atoms with Gasteiger partial charge in [0.05, 0.1) is 11.4 Å². The van der Waals surface area contributed by atoms with E-state index in [0.717, 1.165) is 56.1 Å². The molecule has 4 aromatic carbocycles. The van der Waals surface area contributed by atoms with Crippen molar-refractivity contribution in [2.45, 2.75) is 18.2 Å². The molecule has 1 fully saturated rings. The fraction of sp³-hybridized carbons (Fsp3) is 0.125. The van der Waals surface area contributed by atoms with Crippen molar-refractivity contribution in [2.75, 3.05) is 18.0 Å². The van der Waals surface area contributed by atoms with E-state index >= 15 is 0 Å². The van der Waals surface area contributed by atoms with Gasteiger partial charge in [-0.2, -0.15) is 0 Å². The van der Waals surface area contributed by atoms with E-state index in [1.54, 1.807) is 11.8 Å². The summed E-state index contributed by atoms with van der Waals surface area (Å²) in [5.74, 6) is -0.00675. The molecule has 1 saturated heterocycles. The number of hydrogen-bond donors (Lipinski definition) is 1. The van der Waals surface area contributed by atoms with Gasteiger partial charge in [-0.05, 0) is 73.1 Å². The highest BCUT2D eigenvalue weighted by Crippen LogP contribution is 2.51. The minimum atomic E-state index is -0.00675. The van der Waals surface area contributed by atoms with E-state index in [4.69, 9.17) is 16.6 Å². The quantitative estimate of drug-likeness (QED) is 0.212. The number of amides is 1. The average Bonchev–Trinajstić information content (AvgIpc) is 3.62. The number of aromatic nitrogens is 1. The maximum Gasteiger partial charge on any atom is 0.269 e. The zero-order valence-electron chi connectivity index (χ0n) is 21.7. The second-order valence-corrected chi connectivity index (χ2v) is 12.1. The molecule has 0 atom stereocenters. The van der Waals surface area contributed by atoms with Gasteiger partial charge in [0, 0.05) is 44.8 Å². The van der Waals surface area contributed by atoms with Crippen molar-refractivity contribution >= 4 is 79.4 Å². The second-order valence-electron chi connectivity index (χ2n) is 9.68. The first kappa shape index (κ1) is 25.3. The molecule has 0 bridgehead atoms. The standard InChI is InChI=1S/C32H25ClN4OS2/c1-2-36-27-18-21(33)12-15-28(27)39-31(36)29-30(38)37(17-16-20-8-4-3-5-9-20)32(40-29)34-22-13-14-26-24(19-22)23-10-6-7-11-25(23)35-26/h3-15,18-19,35H,2,16-17H2,1H3/b31-29-,34-32?. The number of hydrogen-bond acceptors (Lipinski definition) is 5. The maximum atomic E-state index is 14.0. The lowest BCUT2D eigenvalue weighted by Crippen LogP contribution is -2.32. The third-order valence-corrected chi connectivity index (χ3v) is 9.83. The van der Waals surface area contributed by atoms with Gasteiger partial charge in [0.1, 0.15) is 9.93 Å². The van der Waals surface area contributed by atoms with Crippen molar-refractivity contribution in [3.05, 3.63) is 112 Å². The van der Waals surface area contributed by atoms with Crippen LogP contribution < -0.4 is 4.90 Å². The van der Waals surface area contributed by atoms with Gasteiger partial charge in [-0.25, -0.2) is 4.99 Å². The van der Waals surface area contributed by atoms with Crippen LogP contribution in [0.3, 0.4) is 0 Å². The number of amidine groups is 1. The van der Waals surface area contributed by atoms with E-state index in [1.165, 1.54) is 17.3 Å². The molecule has 198 valence electrons. The van der Waals surface area contributed by atoms with Crippen LogP contribution in [0.2, 0.25) is 5.02 Å². The molecular formula is C32H25ClN4OS2. The lowest BCUT2D eigenvalue weighted by atomic mass is 10.1. The Morgan fingerprint density at radius 2 is 1.65 bits per heavy atom. The number of anilines is 1. The summed E-state index contributed by atoms with van der Waals surface area (Å²) in [5.41, 5.74) is 5.23. The highest BCUT2D eigenvalue weighted by Gasteiger charge is 2.39. The predicted molar refractivity (Wildman–Crippen MR) is 170 cm³/mol. The highest BCUT2D eigenvalue weighted by atomic mass is 35.5. The van der Waals surface area contributed by atoms with Crippen molar-refractivity contribution in [2.24, 2.45) is 4.99 Å². The number of fused-ring (bicyclic) bond motifs is 4. The first-order valence-electron chi connectivity index (χ1n) is 13.2. The topological polar surface area (TPSA) is 51.7 Å². The summed E-state index contributed by atoms with van der Waals surface area (Å²) >= 11 is 9.42. The minimum Gasteiger partial charge on any atom is -0.355 e. The molecular weight excluding hydrogens is 556 g/mol. The maximum absolute atomic E-state index is 14.0. The van der Waals surface area contributed by atoms with E-state index < -0.39 is 0 Å². The molecule has 5 aromatic rings. The summed E-state index contributed by atoms with van der Waals surface area (Å²) in [6.45, 7) is 3.39. The van der Waals surface area contributed by atoms with Crippen molar-refractivity contribution in [3.8, 4) is 0 Å². The third kappa shape index (κ3) is 4.48. The number of carbonyl (C=O) groups excluding carboxylic acids is 1. The van der Waals surface area contributed by atoms with E-state index in [1.807, 2.05) is 59.5 Å². The van der Waals surface area contributed by atoms with E-state index in [2.05, 4.69) is 53.2 Å². The van der Waals surface area contributed by atoms with Crippen molar-refractivity contribution in [1.82, 2.24) is 9.88 Å². The summed E-state index contributed by atoms with van der Waals surface area (Å²) < 4.78 is 0. The van der Waals surface area contributed by atoms with Gasteiger partial charge in [0.2, 0.25) is 0 Å². The fourth-order valence-corrected chi connectivity index (χ4v) is 7.82. The summed E-state index contributed by atoms with van der Waals surface area (Å²) in [6, 6.07) is 30.6. The molecule has 40 heavy (non-hydrogen) atoms. The Labute approximate surface area is 245 Å². The number of nitrogens with one attached hydrogen (secondary N) is 1. The van der Waals surface area contributed by atoms with E-state index in [9.17, 15) is 4.79 Å². The predicted octanol–water partition coefficient (Wildman–Crippen LogP) is 8.58. The Kier molecular flexibility index (Phi) is 6.58. The smallest absolute Gasteiger partial charge is 0.269 e. The Bertz CT molecular complexity index is 1850. The van der Waals surface area contributed by atoms with Crippen molar-refractivity contribution in [3.63, 3.8) is 0 Å². The second kappa shape index (κ2) is 10.4. The van der Waals surface area contributed by atoms with Crippen LogP contribution in [0, 0.1) is 0 Å². The number of rotatable bonds is 5. The monoisotopic (exact) mass is 580 g/mol. The molecule has 3 heterocycles. The van der Waals surface area contributed by atoms with Crippen LogP contribution in [0.4, 0.5) is 11.4 Å². The van der Waals surface area contributed by atoms with Crippen LogP contribution in [0.5, 0.6) is 0 Å². The fourth-order valence-electron chi connectivity index (χ4n) is 5.26. The van der Waals surface area contributed by atoms with E-state index in [-0.39, 0.29) is 5.91 Å². The van der Waals surface area contributed by atoms with Crippen LogP contribution in [-0.2, 0) is 11.2 Å². The molecule has 0 spiro atoms. The first-order chi connectivity index (χ1) is 19.6. The summed E-state index contributed by atoms with van der Waals surface area (Å²) in [5, 5.41) is 4.62. The van der Waals surface area contributed by atoms with Gasteiger partial charge in [-0.15, -0.1) is 0 Å². The molecule has 0 unspecified atom stereocenters. The van der Waals surface area contributed by atoms with Crippen LogP contribution in [0.15, 0.2) is 111 Å². The minimum absolute atomic E-state index is 0.00675. The van der Waals surface area contributed by atoms with Crippen LogP contribution in [-0.4, -0.2) is 34.0 Å². The third-order valence-electron chi connectivity index (χ3n) is 7.22. The van der Waals surface area contributed by atoms with Crippen molar-refractivity contribution in [1.29, 1.82) is 0 Å². The van der Waals surface area contributed by atoms with Crippen LogP contribution in [0.1, 0.15) is 12.5 Å². The zero-order chi connectivity index (χ0) is 27.2. The Hall–Kier alpha value is -3.65. The SMILES string of the molecule is CCN1/C(=C2/SC(=Nc3ccc4[nH]c5ccccc5c4c3)N(CCc3ccccc3)C2=O)Sc2ccc(Cl)cc21. The normalized spacial score (nSPS) is 18.1. The number of benzene rings is 4. The Balaban J connectivity index is 1.30. The van der Waals surface area contributed by atoms with Gasteiger partial charge in [0.15, 0.2) is 5.17 Å². The molecule has 0 saturated carbocycles. The molecule has 0 radical (unpaired) electrons. The zero-order valence-corrected chi connectivity index (χ0v) is 24.1. The summed E-state index contributed by atoms with van der Waals surface area (Å²) in [7, 11) is 0. The van der Waals surface area contributed by atoms with Gasteiger partial charge in [0.25, 0.3) is 5.91 Å². The molecule has 1 amide bonds. The number of carbonyl (C=O) groups is 1. The number of aliphatic imine (C=N–C) groups is 1. The molecule has 1 aromatic heterocycles. The number of nitrogens with zero attached hydrogens (tertiary/aromatic N) is 3. The van der Waals surface area contributed by atoms with Gasteiger partial charge >= 0.3 is 0 Å². The number of H-pyrrole nitrogens is 1. The molecule has 2 aliphatic rings. The van der Waals surface area contributed by atoms with Crippen LogP contribution in [0.25, 0.3) is 21.8 Å². The van der Waals surface area contributed by atoms with Gasteiger partial charge in [-0.3, -0.25) is 9.69 Å². The number of para-hydroxylation sites is 1. The number of thioether (sulfide) groups is 2. The highest BCUT2D eigenvalue weighted by molar-refractivity contribution is 8.19. The summed E-state index contributed by atoms with van der Waals surface area (Å²) in [6.07, 6.45) is 0.747. The molecule has 8 heteroatoms. The largest absolute Gasteiger partial charge is 0.355 e. The Morgan fingerprint density at radius 3 is 2.50 bits per heavy atom. The number of aromatic amines is 1. The molecule has 7 rings (SSSR count). The first-order valence-corrected chi connectivity index (χ1v) is 15.2. The van der Waals surface area contributed by atoms with E-state index in [0.29, 0.717) is 21.6 Å². The molecule has 5 nitrogen and oxygen atoms in total. The Morgan fingerprint density at radius 1 is 0.850 bits per heavy atom. The lowest BCUT2D eigenvalue weighted by Gasteiger charge is -2.19. The number of halogens is 1. The molecule has 0 aliphatic carbocycles. The summed E-state index contributed by atoms with van der Waals surface area (Å²) in [4.78, 5) is 28.4. The molecule has 1 N–H and O–H groups in total. The van der Waals surface area contributed by atoms with Gasteiger partial charge < -0.3 is 9.88 Å².